The Morgan fingerprint density at radius 2 is 2.21 bits per heavy atom. The summed E-state index contributed by atoms with van der Waals surface area (Å²) < 4.78 is 19.4. The van der Waals surface area contributed by atoms with Gasteiger partial charge in [-0.3, -0.25) is 0 Å². The smallest absolute Gasteiger partial charge is 0.142 e. The summed E-state index contributed by atoms with van der Waals surface area (Å²) in [7, 11) is 0. The van der Waals surface area contributed by atoms with Crippen LogP contribution in [0, 0.1) is 17.2 Å². The van der Waals surface area contributed by atoms with Crippen molar-refractivity contribution in [1.82, 2.24) is 0 Å². The molecule has 1 heterocycles. The van der Waals surface area contributed by atoms with E-state index in [9.17, 15) is 9.50 Å². The molecule has 0 spiro atoms. The number of benzene rings is 1. The average molecular weight is 285 g/mol. The molecule has 104 valence electrons. The second-order valence-corrected chi connectivity index (χ2v) is 6.17. The largest absolute Gasteiger partial charge is 0.396 e. The molecule has 2 nitrogen and oxygen atoms in total. The van der Waals surface area contributed by atoms with Crippen molar-refractivity contribution in [2.75, 3.05) is 13.2 Å². The molecule has 1 aromatic carbocycles. The van der Waals surface area contributed by atoms with Crippen molar-refractivity contribution < 1.29 is 14.2 Å². The predicted molar refractivity (Wildman–Crippen MR) is 71.7 cm³/mol. The monoisotopic (exact) mass is 284 g/mol. The van der Waals surface area contributed by atoms with Crippen LogP contribution >= 0.6 is 11.6 Å². The lowest BCUT2D eigenvalue weighted by Gasteiger charge is -2.33. The van der Waals surface area contributed by atoms with E-state index in [1.807, 2.05) is 6.07 Å². The second-order valence-electron chi connectivity index (χ2n) is 5.79. The number of hydrogen-bond acceptors (Lipinski definition) is 2. The Hall–Kier alpha value is -0.640. The van der Waals surface area contributed by atoms with E-state index in [4.69, 9.17) is 16.3 Å². The zero-order valence-electron chi connectivity index (χ0n) is 10.7. The lowest BCUT2D eigenvalue weighted by molar-refractivity contribution is 0.000568. The summed E-state index contributed by atoms with van der Waals surface area (Å²) in [4.78, 5) is 0. The molecule has 1 aliphatic carbocycles. The van der Waals surface area contributed by atoms with Gasteiger partial charge in [0, 0.05) is 12.0 Å². The lowest BCUT2D eigenvalue weighted by atomic mass is 9.75. The van der Waals surface area contributed by atoms with Crippen molar-refractivity contribution in [2.45, 2.75) is 31.8 Å². The molecule has 2 aliphatic rings. The Morgan fingerprint density at radius 1 is 1.42 bits per heavy atom. The van der Waals surface area contributed by atoms with Crippen LogP contribution < -0.4 is 0 Å². The zero-order chi connectivity index (χ0) is 13.5. The summed E-state index contributed by atoms with van der Waals surface area (Å²) in [6.07, 6.45) is 3.84. The summed E-state index contributed by atoms with van der Waals surface area (Å²) in [5.74, 6) is 0.163. The number of ether oxygens (including phenoxy) is 1. The molecule has 1 N–H and O–H groups in total. The van der Waals surface area contributed by atoms with Gasteiger partial charge in [0.05, 0.1) is 17.7 Å². The van der Waals surface area contributed by atoms with Crippen LogP contribution in [0.3, 0.4) is 0 Å². The molecule has 1 saturated heterocycles. The van der Waals surface area contributed by atoms with Crippen molar-refractivity contribution in [1.29, 1.82) is 0 Å². The maximum atomic E-state index is 13.5. The maximum Gasteiger partial charge on any atom is 0.142 e. The Balaban J connectivity index is 1.88. The first-order chi connectivity index (χ1) is 9.16. The minimum absolute atomic E-state index is 0.0704. The Bertz CT molecular complexity index is 475. The van der Waals surface area contributed by atoms with Crippen molar-refractivity contribution in [3.63, 3.8) is 0 Å². The Morgan fingerprint density at radius 3 is 2.89 bits per heavy atom. The number of hydrogen-bond donors (Lipinski definition) is 1. The van der Waals surface area contributed by atoms with Gasteiger partial charge in [0.25, 0.3) is 0 Å². The maximum absolute atomic E-state index is 13.5. The van der Waals surface area contributed by atoms with E-state index in [-0.39, 0.29) is 23.1 Å². The van der Waals surface area contributed by atoms with Gasteiger partial charge in [0.1, 0.15) is 5.82 Å². The third kappa shape index (κ3) is 2.39. The van der Waals surface area contributed by atoms with Crippen molar-refractivity contribution >= 4 is 11.6 Å². The lowest BCUT2D eigenvalue weighted by Crippen LogP contribution is -2.38. The van der Waals surface area contributed by atoms with Crippen LogP contribution in [0.25, 0.3) is 0 Å². The third-order valence-electron chi connectivity index (χ3n) is 4.44. The SMILES string of the molecule is OCC1(Cc2cccc(F)c2Cl)CCOC1C1CC1. The molecule has 0 bridgehead atoms. The fraction of sp³-hybridized carbons (Fsp3) is 0.600. The first-order valence-corrected chi connectivity index (χ1v) is 7.19. The summed E-state index contributed by atoms with van der Waals surface area (Å²) in [6.45, 7) is 0.746. The van der Waals surface area contributed by atoms with E-state index >= 15 is 0 Å². The highest BCUT2D eigenvalue weighted by atomic mass is 35.5. The van der Waals surface area contributed by atoms with Gasteiger partial charge in [-0.05, 0) is 43.2 Å². The molecule has 1 saturated carbocycles. The van der Waals surface area contributed by atoms with Crippen LogP contribution in [0.15, 0.2) is 18.2 Å². The quantitative estimate of drug-likeness (QED) is 0.920. The molecule has 4 heteroatoms. The fourth-order valence-corrected chi connectivity index (χ4v) is 3.41. The van der Waals surface area contributed by atoms with E-state index in [1.54, 1.807) is 6.07 Å². The zero-order valence-corrected chi connectivity index (χ0v) is 11.5. The van der Waals surface area contributed by atoms with E-state index in [1.165, 1.54) is 18.9 Å². The molecule has 0 radical (unpaired) electrons. The molecule has 2 atom stereocenters. The van der Waals surface area contributed by atoms with Gasteiger partial charge in [-0.1, -0.05) is 23.7 Å². The molecule has 2 fully saturated rings. The standard InChI is InChI=1S/C15H18ClFO2/c16-13-11(2-1-3-12(13)17)8-15(9-18)6-7-19-14(15)10-4-5-10/h1-3,10,14,18H,4-9H2. The van der Waals surface area contributed by atoms with Gasteiger partial charge in [-0.25, -0.2) is 4.39 Å². The van der Waals surface area contributed by atoms with Crippen LogP contribution in [0.4, 0.5) is 4.39 Å². The number of aliphatic hydroxyl groups excluding tert-OH is 1. The topological polar surface area (TPSA) is 29.5 Å². The molecule has 1 aromatic rings. The fourth-order valence-electron chi connectivity index (χ4n) is 3.22. The van der Waals surface area contributed by atoms with E-state index < -0.39 is 5.82 Å². The van der Waals surface area contributed by atoms with Crippen molar-refractivity contribution in [2.24, 2.45) is 11.3 Å². The Kier molecular flexibility index (Phi) is 3.54. The van der Waals surface area contributed by atoms with Gasteiger partial charge in [0.15, 0.2) is 0 Å². The van der Waals surface area contributed by atoms with E-state index in [0.717, 1.165) is 12.0 Å². The number of aliphatic hydroxyl groups is 1. The molecule has 1 aliphatic heterocycles. The van der Waals surface area contributed by atoms with Gasteiger partial charge < -0.3 is 9.84 Å². The van der Waals surface area contributed by atoms with Crippen LogP contribution in [0.5, 0.6) is 0 Å². The van der Waals surface area contributed by atoms with Gasteiger partial charge in [-0.15, -0.1) is 0 Å². The van der Waals surface area contributed by atoms with E-state index in [2.05, 4.69) is 0 Å². The van der Waals surface area contributed by atoms with Crippen molar-refractivity contribution in [3.05, 3.63) is 34.6 Å². The molecular weight excluding hydrogens is 267 g/mol. The highest BCUT2D eigenvalue weighted by Crippen LogP contribution is 2.49. The van der Waals surface area contributed by atoms with Crippen LogP contribution in [0.1, 0.15) is 24.8 Å². The molecule has 0 amide bonds. The molecule has 0 aromatic heterocycles. The number of rotatable bonds is 4. The van der Waals surface area contributed by atoms with Crippen LogP contribution in [-0.2, 0) is 11.2 Å². The normalized spacial score (nSPS) is 30.8. The first-order valence-electron chi connectivity index (χ1n) is 6.82. The van der Waals surface area contributed by atoms with Crippen molar-refractivity contribution in [3.8, 4) is 0 Å². The minimum Gasteiger partial charge on any atom is -0.396 e. The highest BCUT2D eigenvalue weighted by molar-refractivity contribution is 6.31. The van der Waals surface area contributed by atoms with Crippen LogP contribution in [-0.4, -0.2) is 24.4 Å². The van der Waals surface area contributed by atoms with Gasteiger partial charge >= 0.3 is 0 Å². The summed E-state index contributed by atoms with van der Waals surface area (Å²) in [6, 6.07) is 4.87. The van der Waals surface area contributed by atoms with Gasteiger partial charge in [-0.2, -0.15) is 0 Å². The average Bonchev–Trinajstić information content (AvgIpc) is 3.17. The summed E-state index contributed by atoms with van der Waals surface area (Å²) in [5, 5.41) is 10.0. The minimum atomic E-state index is -0.394. The van der Waals surface area contributed by atoms with Crippen LogP contribution in [0.2, 0.25) is 5.02 Å². The summed E-state index contributed by atoms with van der Waals surface area (Å²) in [5.41, 5.74) is 0.477. The predicted octanol–water partition coefficient (Wildman–Crippen LogP) is 3.20. The molecule has 19 heavy (non-hydrogen) atoms. The van der Waals surface area contributed by atoms with E-state index in [0.29, 0.717) is 18.9 Å². The molecule has 3 rings (SSSR count). The molecular formula is C15H18ClFO2. The first kappa shape index (κ1) is 13.3. The summed E-state index contributed by atoms with van der Waals surface area (Å²) >= 11 is 6.04. The number of halogens is 2. The highest BCUT2D eigenvalue weighted by Gasteiger charge is 2.50. The van der Waals surface area contributed by atoms with Gasteiger partial charge in [0.2, 0.25) is 0 Å². The Labute approximate surface area is 117 Å². The second kappa shape index (κ2) is 5.04. The third-order valence-corrected chi connectivity index (χ3v) is 4.86. The molecule has 2 unspecified atom stereocenters.